The highest BCUT2D eigenvalue weighted by atomic mass is 16.5. The van der Waals surface area contributed by atoms with Crippen LogP contribution < -0.4 is 0 Å². The molecule has 0 aliphatic carbocycles. The zero-order chi connectivity index (χ0) is 13.4. The Morgan fingerprint density at radius 1 is 1.33 bits per heavy atom. The molecule has 0 atom stereocenters. The van der Waals surface area contributed by atoms with Crippen LogP contribution in [0.15, 0.2) is 24.3 Å². The Balaban J connectivity index is 2.80. The van der Waals surface area contributed by atoms with Crippen LogP contribution >= 0.6 is 0 Å². The molecule has 0 aliphatic heterocycles. The Morgan fingerprint density at radius 3 is 2.78 bits per heavy atom. The van der Waals surface area contributed by atoms with Gasteiger partial charge in [0.25, 0.3) is 0 Å². The van der Waals surface area contributed by atoms with Crippen LogP contribution in [0.4, 0.5) is 0 Å². The summed E-state index contributed by atoms with van der Waals surface area (Å²) in [6.07, 6.45) is -0.147. The fourth-order valence-electron chi connectivity index (χ4n) is 1.23. The van der Waals surface area contributed by atoms with E-state index in [-0.39, 0.29) is 18.6 Å². The smallest absolute Gasteiger partial charge is 0.317 e. The fraction of sp³-hybridized carbons (Fsp3) is 0.214. The van der Waals surface area contributed by atoms with Crippen molar-refractivity contribution in [2.75, 3.05) is 7.11 Å². The van der Waals surface area contributed by atoms with Crippen molar-refractivity contribution in [3.8, 4) is 17.9 Å². The van der Waals surface area contributed by atoms with Gasteiger partial charge in [0.1, 0.15) is 6.42 Å². The van der Waals surface area contributed by atoms with Crippen molar-refractivity contribution in [2.45, 2.75) is 12.8 Å². The summed E-state index contributed by atoms with van der Waals surface area (Å²) in [6.45, 7) is 0. The largest absolute Gasteiger partial charge is 0.468 e. The molecule has 0 heterocycles. The quantitative estimate of drug-likeness (QED) is 0.459. The van der Waals surface area contributed by atoms with Gasteiger partial charge in [0.2, 0.25) is 0 Å². The number of carbonyl (C=O) groups excluding carboxylic acids is 2. The lowest BCUT2D eigenvalue weighted by Crippen LogP contribution is -1.98. The van der Waals surface area contributed by atoms with Crippen LogP contribution in [0.1, 0.15) is 28.8 Å². The minimum absolute atomic E-state index is 0.00682. The first kappa shape index (κ1) is 13.5. The molecule has 0 N–H and O–H groups in total. The molecule has 0 radical (unpaired) electrons. The topological polar surface area (TPSA) is 67.2 Å². The molecule has 0 bridgehead atoms. The average molecular weight is 241 g/mol. The zero-order valence-electron chi connectivity index (χ0n) is 9.90. The summed E-state index contributed by atoms with van der Waals surface area (Å²) in [6, 6.07) is 8.45. The fourth-order valence-corrected chi connectivity index (χ4v) is 1.23. The molecule has 0 unspecified atom stereocenters. The molecule has 0 aliphatic rings. The molecule has 0 saturated carbocycles. The van der Waals surface area contributed by atoms with Gasteiger partial charge in [-0.15, -0.1) is 0 Å². The number of methoxy groups -OCH3 is 1. The van der Waals surface area contributed by atoms with Gasteiger partial charge in [-0.05, 0) is 12.1 Å². The van der Waals surface area contributed by atoms with E-state index in [4.69, 9.17) is 5.26 Å². The number of nitriles is 1. The Hall–Kier alpha value is -2.59. The second kappa shape index (κ2) is 6.88. The van der Waals surface area contributed by atoms with Crippen molar-refractivity contribution in [2.24, 2.45) is 0 Å². The number of carbonyl (C=O) groups is 2. The van der Waals surface area contributed by atoms with Crippen LogP contribution in [0.5, 0.6) is 0 Å². The number of ketones is 1. The van der Waals surface area contributed by atoms with Gasteiger partial charge in [-0.2, -0.15) is 5.26 Å². The number of ether oxygens (including phenoxy) is 1. The predicted octanol–water partition coefficient (Wildman–Crippen LogP) is 1.70. The number of hydrogen-bond donors (Lipinski definition) is 0. The van der Waals surface area contributed by atoms with E-state index in [0.29, 0.717) is 11.1 Å². The van der Waals surface area contributed by atoms with Gasteiger partial charge >= 0.3 is 5.97 Å². The molecule has 0 aromatic heterocycles. The lowest BCUT2D eigenvalue weighted by atomic mass is 10.1. The van der Waals surface area contributed by atoms with Crippen molar-refractivity contribution >= 4 is 11.8 Å². The summed E-state index contributed by atoms with van der Waals surface area (Å²) in [5.74, 6) is 4.77. The molecule has 0 amide bonds. The van der Waals surface area contributed by atoms with Crippen LogP contribution in [-0.4, -0.2) is 18.9 Å². The summed E-state index contributed by atoms with van der Waals surface area (Å²) in [4.78, 5) is 22.3. The van der Waals surface area contributed by atoms with Gasteiger partial charge in [-0.3, -0.25) is 9.59 Å². The summed E-state index contributed by atoms with van der Waals surface area (Å²) in [5.41, 5.74) is 1.07. The van der Waals surface area contributed by atoms with Gasteiger partial charge in [0.05, 0.1) is 19.6 Å². The van der Waals surface area contributed by atoms with Gasteiger partial charge in [-0.25, -0.2) is 0 Å². The highest BCUT2D eigenvalue weighted by Gasteiger charge is 2.04. The normalized spacial score (nSPS) is 8.67. The lowest BCUT2D eigenvalue weighted by Gasteiger charge is -1.97. The van der Waals surface area contributed by atoms with Crippen LogP contribution in [-0.2, 0) is 9.53 Å². The zero-order valence-corrected chi connectivity index (χ0v) is 9.90. The molecule has 0 fully saturated rings. The summed E-state index contributed by atoms with van der Waals surface area (Å²) >= 11 is 0. The molecule has 1 aromatic rings. The number of hydrogen-bond acceptors (Lipinski definition) is 4. The summed E-state index contributed by atoms with van der Waals surface area (Å²) in [5, 5.41) is 8.45. The minimum Gasteiger partial charge on any atom is -0.468 e. The second-order valence-corrected chi connectivity index (χ2v) is 3.39. The first-order valence-corrected chi connectivity index (χ1v) is 5.23. The standard InChI is InChI=1S/C14H11NO3/c1-18-14(17)7-3-5-11-4-2-6-12(10-11)13(16)8-9-15/h2,4,6,10H,7-8H2,1H3. The maximum Gasteiger partial charge on any atom is 0.317 e. The van der Waals surface area contributed by atoms with E-state index >= 15 is 0 Å². The van der Waals surface area contributed by atoms with Crippen LogP contribution in [0, 0.1) is 23.2 Å². The Kier molecular flexibility index (Phi) is 5.15. The third-order valence-corrected chi connectivity index (χ3v) is 2.12. The van der Waals surface area contributed by atoms with Crippen molar-refractivity contribution in [3.05, 3.63) is 35.4 Å². The molecule has 18 heavy (non-hydrogen) atoms. The van der Waals surface area contributed by atoms with Crippen LogP contribution in [0.2, 0.25) is 0 Å². The molecule has 90 valence electrons. The molecule has 4 heteroatoms. The third kappa shape index (κ3) is 4.11. The highest BCUT2D eigenvalue weighted by Crippen LogP contribution is 2.06. The SMILES string of the molecule is COC(=O)CC#Cc1cccc(C(=O)CC#N)c1. The Labute approximate surface area is 105 Å². The number of nitrogens with zero attached hydrogens (tertiary/aromatic N) is 1. The number of rotatable bonds is 3. The number of esters is 1. The first-order chi connectivity index (χ1) is 8.67. The van der Waals surface area contributed by atoms with Crippen molar-refractivity contribution in [3.63, 3.8) is 0 Å². The van der Waals surface area contributed by atoms with E-state index in [0.717, 1.165) is 0 Å². The first-order valence-electron chi connectivity index (χ1n) is 5.23. The van der Waals surface area contributed by atoms with E-state index in [2.05, 4.69) is 16.6 Å². The monoisotopic (exact) mass is 241 g/mol. The lowest BCUT2D eigenvalue weighted by molar-refractivity contribution is -0.139. The molecule has 1 aromatic carbocycles. The van der Waals surface area contributed by atoms with E-state index in [1.54, 1.807) is 30.3 Å². The maximum absolute atomic E-state index is 11.5. The van der Waals surface area contributed by atoms with Gasteiger partial charge in [0, 0.05) is 11.1 Å². The third-order valence-electron chi connectivity index (χ3n) is 2.12. The molecule has 1 rings (SSSR count). The van der Waals surface area contributed by atoms with E-state index in [9.17, 15) is 9.59 Å². The Bertz CT molecular complexity index is 558. The molecular formula is C14H11NO3. The van der Waals surface area contributed by atoms with Crippen molar-refractivity contribution < 1.29 is 14.3 Å². The predicted molar refractivity (Wildman–Crippen MR) is 64.5 cm³/mol. The second-order valence-electron chi connectivity index (χ2n) is 3.39. The number of benzene rings is 1. The molecule has 0 spiro atoms. The van der Waals surface area contributed by atoms with Crippen molar-refractivity contribution in [1.82, 2.24) is 0 Å². The van der Waals surface area contributed by atoms with E-state index in [1.807, 2.05) is 0 Å². The van der Waals surface area contributed by atoms with Crippen LogP contribution in [0.3, 0.4) is 0 Å². The maximum atomic E-state index is 11.5. The van der Waals surface area contributed by atoms with Gasteiger partial charge in [-0.1, -0.05) is 24.0 Å². The molecular weight excluding hydrogens is 230 g/mol. The summed E-state index contributed by atoms with van der Waals surface area (Å²) < 4.78 is 4.45. The van der Waals surface area contributed by atoms with Crippen LogP contribution in [0.25, 0.3) is 0 Å². The summed E-state index contributed by atoms with van der Waals surface area (Å²) in [7, 11) is 1.30. The molecule has 4 nitrogen and oxygen atoms in total. The van der Waals surface area contributed by atoms with E-state index in [1.165, 1.54) is 7.11 Å². The Morgan fingerprint density at radius 2 is 2.11 bits per heavy atom. The highest BCUT2D eigenvalue weighted by molar-refractivity contribution is 5.97. The molecule has 0 saturated heterocycles. The van der Waals surface area contributed by atoms with E-state index < -0.39 is 5.97 Å². The number of Topliss-reactive ketones (excluding diaryl/α,β-unsaturated/α-hetero) is 1. The average Bonchev–Trinajstić information content (AvgIpc) is 2.39. The van der Waals surface area contributed by atoms with Gasteiger partial charge < -0.3 is 4.74 Å². The van der Waals surface area contributed by atoms with Crippen molar-refractivity contribution in [1.29, 1.82) is 5.26 Å². The van der Waals surface area contributed by atoms with Gasteiger partial charge in [0.15, 0.2) is 5.78 Å². The minimum atomic E-state index is -0.404.